The molecule has 1 aromatic rings. The molecular formula is C16H28N4O. The van der Waals surface area contributed by atoms with Crippen LogP contribution in [0, 0.1) is 5.41 Å². The molecule has 2 amide bonds. The Kier molecular flexibility index (Phi) is 5.26. The van der Waals surface area contributed by atoms with Crippen molar-refractivity contribution in [3.63, 3.8) is 0 Å². The third-order valence-electron chi connectivity index (χ3n) is 4.22. The predicted octanol–water partition coefficient (Wildman–Crippen LogP) is 2.93. The lowest BCUT2D eigenvalue weighted by atomic mass is 9.86. The molecule has 0 saturated heterocycles. The summed E-state index contributed by atoms with van der Waals surface area (Å²) in [6.45, 7) is 7.11. The van der Waals surface area contributed by atoms with Crippen molar-refractivity contribution in [2.24, 2.45) is 5.41 Å². The standard InChI is InChI=1S/C16H28N4O/c1-16(2,3)14(12-20-11-7-10-17-20)19-15(21)18-13-8-5-4-6-9-13/h7,10-11,13-14H,4-6,8-9,12H2,1-3H3,(H2,18,19,21)/t14-/m1/s1. The summed E-state index contributed by atoms with van der Waals surface area (Å²) < 4.78 is 1.87. The highest BCUT2D eigenvalue weighted by atomic mass is 16.2. The first-order chi connectivity index (χ1) is 9.95. The molecule has 2 N–H and O–H groups in total. The molecule has 0 aromatic carbocycles. The lowest BCUT2D eigenvalue weighted by molar-refractivity contribution is 0.201. The van der Waals surface area contributed by atoms with Crippen molar-refractivity contribution >= 4 is 6.03 Å². The fraction of sp³-hybridized carbons (Fsp3) is 0.750. The number of rotatable bonds is 4. The molecule has 1 aromatic heterocycles. The van der Waals surface area contributed by atoms with Crippen LogP contribution in [0.4, 0.5) is 4.79 Å². The number of aromatic nitrogens is 2. The van der Waals surface area contributed by atoms with Gasteiger partial charge in [0.1, 0.15) is 0 Å². The molecule has 1 aliphatic rings. The molecular weight excluding hydrogens is 264 g/mol. The van der Waals surface area contributed by atoms with Gasteiger partial charge in [-0.15, -0.1) is 0 Å². The normalized spacial score (nSPS) is 18.2. The highest BCUT2D eigenvalue weighted by molar-refractivity contribution is 5.74. The molecule has 0 spiro atoms. The summed E-state index contributed by atoms with van der Waals surface area (Å²) in [5.74, 6) is 0. The second kappa shape index (κ2) is 6.96. The second-order valence-corrected chi connectivity index (χ2v) is 7.10. The average Bonchev–Trinajstić information content (AvgIpc) is 2.91. The van der Waals surface area contributed by atoms with Crippen LogP contribution >= 0.6 is 0 Å². The first-order valence-electron chi connectivity index (χ1n) is 7.99. The minimum Gasteiger partial charge on any atom is -0.335 e. The van der Waals surface area contributed by atoms with Crippen molar-refractivity contribution < 1.29 is 4.79 Å². The van der Waals surface area contributed by atoms with Gasteiger partial charge in [0, 0.05) is 18.4 Å². The Labute approximate surface area is 127 Å². The molecule has 5 nitrogen and oxygen atoms in total. The number of hydrogen-bond donors (Lipinski definition) is 2. The molecule has 0 unspecified atom stereocenters. The number of carbonyl (C=O) groups excluding carboxylic acids is 1. The summed E-state index contributed by atoms with van der Waals surface area (Å²) in [5, 5.41) is 10.5. The molecule has 1 atom stereocenters. The van der Waals surface area contributed by atoms with Gasteiger partial charge in [0.25, 0.3) is 0 Å². The van der Waals surface area contributed by atoms with Gasteiger partial charge in [-0.1, -0.05) is 40.0 Å². The minimum atomic E-state index is -0.0472. The first kappa shape index (κ1) is 15.9. The van der Waals surface area contributed by atoms with E-state index in [2.05, 4.69) is 36.5 Å². The molecule has 21 heavy (non-hydrogen) atoms. The quantitative estimate of drug-likeness (QED) is 0.896. The largest absolute Gasteiger partial charge is 0.335 e. The van der Waals surface area contributed by atoms with Crippen molar-refractivity contribution in [2.45, 2.75) is 71.5 Å². The number of hydrogen-bond acceptors (Lipinski definition) is 2. The van der Waals surface area contributed by atoms with Crippen LogP contribution < -0.4 is 10.6 Å². The van der Waals surface area contributed by atoms with E-state index in [0.29, 0.717) is 12.6 Å². The molecule has 5 heteroatoms. The topological polar surface area (TPSA) is 59.0 Å². The maximum absolute atomic E-state index is 12.2. The summed E-state index contributed by atoms with van der Waals surface area (Å²) >= 11 is 0. The molecule has 1 heterocycles. The molecule has 1 aliphatic carbocycles. The van der Waals surface area contributed by atoms with Crippen molar-refractivity contribution in [2.75, 3.05) is 0 Å². The van der Waals surface area contributed by atoms with E-state index in [9.17, 15) is 4.79 Å². The summed E-state index contributed by atoms with van der Waals surface area (Å²) in [4.78, 5) is 12.2. The van der Waals surface area contributed by atoms with Crippen LogP contribution in [0.2, 0.25) is 0 Å². The summed E-state index contributed by atoms with van der Waals surface area (Å²) in [6, 6.07) is 2.24. The van der Waals surface area contributed by atoms with Gasteiger partial charge >= 0.3 is 6.03 Å². The number of nitrogens with one attached hydrogen (secondary N) is 2. The van der Waals surface area contributed by atoms with Gasteiger partial charge in [0.15, 0.2) is 0 Å². The van der Waals surface area contributed by atoms with Crippen LogP contribution in [0.15, 0.2) is 18.5 Å². The molecule has 2 rings (SSSR count). The van der Waals surface area contributed by atoms with Gasteiger partial charge in [-0.2, -0.15) is 5.10 Å². The first-order valence-corrected chi connectivity index (χ1v) is 7.99. The molecule has 1 fully saturated rings. The highest BCUT2D eigenvalue weighted by Gasteiger charge is 2.27. The summed E-state index contributed by atoms with van der Waals surface area (Å²) in [5.41, 5.74) is -0.0180. The van der Waals surface area contributed by atoms with E-state index in [0.717, 1.165) is 12.8 Å². The lowest BCUT2D eigenvalue weighted by Gasteiger charge is -2.32. The van der Waals surface area contributed by atoms with Gasteiger partial charge in [-0.3, -0.25) is 4.68 Å². The van der Waals surface area contributed by atoms with E-state index in [1.807, 2.05) is 16.9 Å². The van der Waals surface area contributed by atoms with Crippen molar-refractivity contribution in [3.05, 3.63) is 18.5 Å². The van der Waals surface area contributed by atoms with Crippen LogP contribution in [0.5, 0.6) is 0 Å². The third kappa shape index (κ3) is 5.06. The van der Waals surface area contributed by atoms with Gasteiger partial charge in [-0.25, -0.2) is 4.79 Å². The van der Waals surface area contributed by atoms with Crippen LogP contribution in [-0.4, -0.2) is 27.9 Å². The third-order valence-corrected chi connectivity index (χ3v) is 4.22. The smallest absolute Gasteiger partial charge is 0.315 e. The Morgan fingerprint density at radius 1 is 1.33 bits per heavy atom. The monoisotopic (exact) mass is 292 g/mol. The minimum absolute atomic E-state index is 0.0180. The Bertz CT molecular complexity index is 430. The average molecular weight is 292 g/mol. The van der Waals surface area contributed by atoms with E-state index in [4.69, 9.17) is 0 Å². The number of carbonyl (C=O) groups is 1. The van der Waals surface area contributed by atoms with Gasteiger partial charge in [-0.05, 0) is 24.3 Å². The van der Waals surface area contributed by atoms with E-state index >= 15 is 0 Å². The Balaban J connectivity index is 1.89. The molecule has 0 aliphatic heterocycles. The Hall–Kier alpha value is -1.52. The molecule has 0 bridgehead atoms. The van der Waals surface area contributed by atoms with E-state index in [-0.39, 0.29) is 17.5 Å². The predicted molar refractivity (Wildman–Crippen MR) is 84.0 cm³/mol. The lowest BCUT2D eigenvalue weighted by Crippen LogP contribution is -2.52. The molecule has 1 saturated carbocycles. The number of amides is 2. The maximum Gasteiger partial charge on any atom is 0.315 e. The maximum atomic E-state index is 12.2. The van der Waals surface area contributed by atoms with Crippen molar-refractivity contribution in [3.8, 4) is 0 Å². The van der Waals surface area contributed by atoms with Crippen LogP contribution in [0.1, 0.15) is 52.9 Å². The van der Waals surface area contributed by atoms with E-state index < -0.39 is 0 Å². The van der Waals surface area contributed by atoms with Gasteiger partial charge in [0.05, 0.1) is 12.6 Å². The SMILES string of the molecule is CC(C)(C)[C@@H](Cn1cccn1)NC(=O)NC1CCCCC1. The fourth-order valence-corrected chi connectivity index (χ4v) is 2.76. The Morgan fingerprint density at radius 3 is 2.62 bits per heavy atom. The molecule has 118 valence electrons. The van der Waals surface area contributed by atoms with Gasteiger partial charge in [0.2, 0.25) is 0 Å². The second-order valence-electron chi connectivity index (χ2n) is 7.10. The van der Waals surface area contributed by atoms with E-state index in [1.165, 1.54) is 19.3 Å². The summed E-state index contributed by atoms with van der Waals surface area (Å²) in [6.07, 6.45) is 9.65. The van der Waals surface area contributed by atoms with Crippen molar-refractivity contribution in [1.82, 2.24) is 20.4 Å². The number of nitrogens with zero attached hydrogens (tertiary/aromatic N) is 2. The number of urea groups is 1. The van der Waals surface area contributed by atoms with Crippen LogP contribution in [0.3, 0.4) is 0 Å². The Morgan fingerprint density at radius 2 is 2.05 bits per heavy atom. The molecule has 0 radical (unpaired) electrons. The van der Waals surface area contributed by atoms with Gasteiger partial charge < -0.3 is 10.6 Å². The van der Waals surface area contributed by atoms with E-state index in [1.54, 1.807) is 6.20 Å². The zero-order chi connectivity index (χ0) is 15.3. The highest BCUT2D eigenvalue weighted by Crippen LogP contribution is 2.21. The van der Waals surface area contributed by atoms with Crippen LogP contribution in [-0.2, 0) is 6.54 Å². The fourth-order valence-electron chi connectivity index (χ4n) is 2.76. The summed E-state index contributed by atoms with van der Waals surface area (Å²) in [7, 11) is 0. The van der Waals surface area contributed by atoms with Crippen LogP contribution in [0.25, 0.3) is 0 Å². The zero-order valence-electron chi connectivity index (χ0n) is 13.4. The zero-order valence-corrected chi connectivity index (χ0v) is 13.4. The van der Waals surface area contributed by atoms with Crippen molar-refractivity contribution in [1.29, 1.82) is 0 Å².